The topological polar surface area (TPSA) is 56.8 Å². The third kappa shape index (κ3) is 7.68. The average molecular weight is 400 g/mol. The molecule has 0 saturated heterocycles. The Labute approximate surface area is 174 Å². The maximum atomic E-state index is 12.5. The highest BCUT2D eigenvalue weighted by Gasteiger charge is 2.10. The summed E-state index contributed by atoms with van der Waals surface area (Å²) in [5, 5.41) is 2.95. The van der Waals surface area contributed by atoms with Crippen LogP contribution in [0.2, 0.25) is 0 Å². The second kappa shape index (κ2) is 11.3. The second-order valence-electron chi connectivity index (χ2n) is 7.93. The first-order chi connectivity index (χ1) is 13.9. The van der Waals surface area contributed by atoms with Crippen LogP contribution in [0.3, 0.4) is 0 Å². The van der Waals surface area contributed by atoms with Crippen molar-refractivity contribution in [3.05, 3.63) is 53.6 Å². The van der Waals surface area contributed by atoms with Crippen molar-refractivity contribution in [3.63, 3.8) is 0 Å². The molecule has 0 bridgehead atoms. The van der Waals surface area contributed by atoms with Crippen LogP contribution in [0.5, 0.6) is 17.2 Å². The fourth-order valence-corrected chi connectivity index (χ4v) is 2.62. The number of amides is 1. The molecule has 0 aliphatic carbocycles. The van der Waals surface area contributed by atoms with Gasteiger partial charge in [0.15, 0.2) is 11.5 Å². The number of ether oxygens (including phenoxy) is 3. The van der Waals surface area contributed by atoms with Crippen molar-refractivity contribution >= 4 is 5.91 Å². The Bertz CT molecular complexity index is 786. The lowest BCUT2D eigenvalue weighted by Crippen LogP contribution is -2.22. The van der Waals surface area contributed by atoms with Gasteiger partial charge in [-0.05, 0) is 54.2 Å². The van der Waals surface area contributed by atoms with Crippen LogP contribution in [-0.4, -0.2) is 26.2 Å². The number of benzene rings is 2. The van der Waals surface area contributed by atoms with Gasteiger partial charge in [0, 0.05) is 12.1 Å². The van der Waals surface area contributed by atoms with Crippen LogP contribution in [0.4, 0.5) is 0 Å². The Morgan fingerprint density at radius 1 is 0.966 bits per heavy atom. The van der Waals surface area contributed by atoms with E-state index >= 15 is 0 Å². The lowest BCUT2D eigenvalue weighted by molar-refractivity contribution is 0.0950. The maximum Gasteiger partial charge on any atom is 0.251 e. The predicted octanol–water partition coefficient (Wildman–Crippen LogP) is 5.08. The number of carbonyl (C=O) groups is 1. The smallest absolute Gasteiger partial charge is 0.251 e. The van der Waals surface area contributed by atoms with E-state index in [2.05, 4.69) is 33.0 Å². The minimum atomic E-state index is -0.142. The van der Waals surface area contributed by atoms with Crippen molar-refractivity contribution in [1.82, 2.24) is 5.32 Å². The summed E-state index contributed by atoms with van der Waals surface area (Å²) in [6.07, 6.45) is 0.987. The number of rotatable bonds is 11. The SMILES string of the molecule is COc1cc(CNC(=O)c2cccc(OCC(C)C)c2)ccc1OCCC(C)C. The van der Waals surface area contributed by atoms with Gasteiger partial charge in [0.2, 0.25) is 0 Å². The number of hydrogen-bond donors (Lipinski definition) is 1. The van der Waals surface area contributed by atoms with E-state index in [4.69, 9.17) is 14.2 Å². The third-order valence-electron chi connectivity index (χ3n) is 4.31. The quantitative estimate of drug-likeness (QED) is 0.572. The molecular weight excluding hydrogens is 366 g/mol. The van der Waals surface area contributed by atoms with Crippen molar-refractivity contribution in [1.29, 1.82) is 0 Å². The van der Waals surface area contributed by atoms with Crippen LogP contribution in [0.1, 0.15) is 50.0 Å². The predicted molar refractivity (Wildman–Crippen MR) is 116 cm³/mol. The van der Waals surface area contributed by atoms with Gasteiger partial charge in [-0.15, -0.1) is 0 Å². The third-order valence-corrected chi connectivity index (χ3v) is 4.31. The first-order valence-electron chi connectivity index (χ1n) is 10.2. The molecule has 2 aromatic rings. The highest BCUT2D eigenvalue weighted by molar-refractivity contribution is 5.94. The Kier molecular flexibility index (Phi) is 8.84. The minimum absolute atomic E-state index is 0.142. The number of methoxy groups -OCH3 is 1. The second-order valence-corrected chi connectivity index (χ2v) is 7.93. The van der Waals surface area contributed by atoms with Crippen LogP contribution in [-0.2, 0) is 6.54 Å². The fraction of sp³-hybridized carbons (Fsp3) is 0.458. The molecule has 0 heterocycles. The van der Waals surface area contributed by atoms with Crippen LogP contribution in [0.25, 0.3) is 0 Å². The molecule has 1 amide bonds. The van der Waals surface area contributed by atoms with Crippen molar-refractivity contribution in [2.45, 2.75) is 40.7 Å². The average Bonchev–Trinajstić information content (AvgIpc) is 2.71. The Morgan fingerprint density at radius 3 is 2.45 bits per heavy atom. The van der Waals surface area contributed by atoms with Crippen LogP contribution in [0.15, 0.2) is 42.5 Å². The monoisotopic (exact) mass is 399 g/mol. The summed E-state index contributed by atoms with van der Waals surface area (Å²) in [4.78, 5) is 12.5. The number of hydrogen-bond acceptors (Lipinski definition) is 4. The first kappa shape index (κ1) is 22.6. The van der Waals surface area contributed by atoms with Crippen molar-refractivity contribution < 1.29 is 19.0 Å². The lowest BCUT2D eigenvalue weighted by Gasteiger charge is -2.14. The molecule has 0 fully saturated rings. The Morgan fingerprint density at radius 2 is 1.76 bits per heavy atom. The van der Waals surface area contributed by atoms with Gasteiger partial charge in [-0.2, -0.15) is 0 Å². The summed E-state index contributed by atoms with van der Waals surface area (Å²) >= 11 is 0. The fourth-order valence-electron chi connectivity index (χ4n) is 2.62. The molecule has 5 heteroatoms. The van der Waals surface area contributed by atoms with E-state index in [0.717, 1.165) is 17.7 Å². The summed E-state index contributed by atoms with van der Waals surface area (Å²) in [6.45, 7) is 10.2. The van der Waals surface area contributed by atoms with E-state index in [1.807, 2.05) is 30.3 Å². The van der Waals surface area contributed by atoms with Gasteiger partial charge in [-0.3, -0.25) is 4.79 Å². The number of carbonyl (C=O) groups excluding carboxylic acids is 1. The molecule has 1 N–H and O–H groups in total. The summed E-state index contributed by atoms with van der Waals surface area (Å²) < 4.78 is 17.0. The minimum Gasteiger partial charge on any atom is -0.493 e. The molecule has 5 nitrogen and oxygen atoms in total. The van der Waals surface area contributed by atoms with Gasteiger partial charge < -0.3 is 19.5 Å². The van der Waals surface area contributed by atoms with E-state index in [1.54, 1.807) is 19.2 Å². The van der Waals surface area contributed by atoms with E-state index in [1.165, 1.54) is 0 Å². The van der Waals surface area contributed by atoms with Crippen molar-refractivity contribution in [2.24, 2.45) is 11.8 Å². The molecule has 2 aromatic carbocycles. The van der Waals surface area contributed by atoms with E-state index in [0.29, 0.717) is 48.7 Å². The zero-order chi connectivity index (χ0) is 21.2. The summed E-state index contributed by atoms with van der Waals surface area (Å²) in [5.74, 6) is 2.97. The molecule has 0 aliphatic heterocycles. The molecule has 0 aliphatic rings. The van der Waals surface area contributed by atoms with E-state index in [-0.39, 0.29) is 5.91 Å². The van der Waals surface area contributed by atoms with Crippen LogP contribution < -0.4 is 19.5 Å². The Balaban J connectivity index is 1.95. The lowest BCUT2D eigenvalue weighted by atomic mass is 10.1. The van der Waals surface area contributed by atoms with Crippen molar-refractivity contribution in [2.75, 3.05) is 20.3 Å². The highest BCUT2D eigenvalue weighted by atomic mass is 16.5. The Hall–Kier alpha value is -2.69. The summed E-state index contributed by atoms with van der Waals surface area (Å²) in [5.41, 5.74) is 1.52. The molecule has 2 rings (SSSR count). The van der Waals surface area contributed by atoms with Gasteiger partial charge in [0.1, 0.15) is 5.75 Å². The first-order valence-corrected chi connectivity index (χ1v) is 10.2. The van der Waals surface area contributed by atoms with E-state index in [9.17, 15) is 4.79 Å². The molecule has 158 valence electrons. The molecule has 0 atom stereocenters. The van der Waals surface area contributed by atoms with Gasteiger partial charge in [0.25, 0.3) is 5.91 Å². The molecule has 0 saturated carbocycles. The van der Waals surface area contributed by atoms with Gasteiger partial charge in [0.05, 0.1) is 20.3 Å². The normalized spacial score (nSPS) is 10.9. The molecule has 0 aromatic heterocycles. The van der Waals surface area contributed by atoms with Gasteiger partial charge in [-0.25, -0.2) is 0 Å². The number of nitrogens with one attached hydrogen (secondary N) is 1. The standard InChI is InChI=1S/C24H33NO4/c1-17(2)11-12-28-22-10-9-19(13-23(22)27-5)15-25-24(26)20-7-6-8-21(14-20)29-16-18(3)4/h6-10,13-14,17-18H,11-12,15-16H2,1-5H3,(H,25,26). The maximum absolute atomic E-state index is 12.5. The molecular formula is C24H33NO4. The van der Waals surface area contributed by atoms with Crippen LogP contribution in [0, 0.1) is 11.8 Å². The summed E-state index contributed by atoms with van der Waals surface area (Å²) in [7, 11) is 1.62. The highest BCUT2D eigenvalue weighted by Crippen LogP contribution is 2.28. The van der Waals surface area contributed by atoms with Gasteiger partial charge >= 0.3 is 0 Å². The zero-order valence-corrected chi connectivity index (χ0v) is 18.2. The molecule has 29 heavy (non-hydrogen) atoms. The zero-order valence-electron chi connectivity index (χ0n) is 18.2. The van der Waals surface area contributed by atoms with E-state index < -0.39 is 0 Å². The molecule has 0 unspecified atom stereocenters. The molecule has 0 radical (unpaired) electrons. The van der Waals surface area contributed by atoms with Crippen molar-refractivity contribution in [3.8, 4) is 17.2 Å². The summed E-state index contributed by atoms with van der Waals surface area (Å²) in [6, 6.07) is 13.0. The largest absolute Gasteiger partial charge is 0.493 e. The van der Waals surface area contributed by atoms with Gasteiger partial charge in [-0.1, -0.05) is 39.8 Å². The molecule has 0 spiro atoms. The van der Waals surface area contributed by atoms with Crippen LogP contribution >= 0.6 is 0 Å².